The number of carbonyl (C=O) groups is 3. The summed E-state index contributed by atoms with van der Waals surface area (Å²) in [4.78, 5) is 38.2. The molecule has 9 heteroatoms. The number of cyclic esters (lactones) is 1. The molecule has 0 spiro atoms. The van der Waals surface area contributed by atoms with Gasteiger partial charge in [0.2, 0.25) is 6.79 Å². The molecule has 2 aliphatic rings. The van der Waals surface area contributed by atoms with Crippen LogP contribution in [0.1, 0.15) is 11.1 Å². The van der Waals surface area contributed by atoms with Gasteiger partial charge in [0.15, 0.2) is 22.7 Å². The lowest BCUT2D eigenvalue weighted by Crippen LogP contribution is -2.34. The van der Waals surface area contributed by atoms with Crippen LogP contribution < -0.4 is 14.2 Å². The molecule has 2 aliphatic heterocycles. The lowest BCUT2D eigenvalue weighted by molar-refractivity contribution is -0.148. The molecule has 2 aromatic carbocycles. The van der Waals surface area contributed by atoms with Gasteiger partial charge < -0.3 is 28.4 Å². The zero-order valence-corrected chi connectivity index (χ0v) is 16.9. The Bertz CT molecular complexity index is 1100. The van der Waals surface area contributed by atoms with Gasteiger partial charge in [0.25, 0.3) is 0 Å². The molecule has 2 aromatic rings. The van der Waals surface area contributed by atoms with Crippen LogP contribution in [-0.2, 0) is 34.2 Å². The van der Waals surface area contributed by atoms with Gasteiger partial charge in [-0.1, -0.05) is 18.2 Å². The lowest BCUT2D eigenvalue weighted by atomic mass is 9.79. The van der Waals surface area contributed by atoms with Crippen LogP contribution >= 0.6 is 0 Å². The number of benzene rings is 2. The molecular weight excluding hydrogens is 408 g/mol. The molecule has 0 radical (unpaired) electrons. The van der Waals surface area contributed by atoms with E-state index in [1.54, 1.807) is 42.5 Å². The van der Waals surface area contributed by atoms with Crippen LogP contribution in [0, 0.1) is 0 Å². The van der Waals surface area contributed by atoms with Crippen molar-refractivity contribution in [3.63, 3.8) is 0 Å². The summed E-state index contributed by atoms with van der Waals surface area (Å²) in [6.07, 6.45) is 0. The second kappa shape index (κ2) is 7.67. The maximum atomic E-state index is 12.9. The predicted octanol–water partition coefficient (Wildman–Crippen LogP) is 1.87. The molecule has 160 valence electrons. The first-order valence-corrected chi connectivity index (χ1v) is 9.15. The van der Waals surface area contributed by atoms with Gasteiger partial charge in [-0.25, -0.2) is 14.4 Å². The quantitative estimate of drug-likeness (QED) is 0.402. The predicted molar refractivity (Wildman–Crippen MR) is 103 cm³/mol. The van der Waals surface area contributed by atoms with Gasteiger partial charge in [-0.15, -0.1) is 0 Å². The fourth-order valence-electron chi connectivity index (χ4n) is 3.67. The number of methoxy groups -OCH3 is 3. The highest BCUT2D eigenvalue weighted by Gasteiger charge is 2.56. The molecule has 9 nitrogen and oxygen atoms in total. The van der Waals surface area contributed by atoms with Gasteiger partial charge in [0.1, 0.15) is 11.3 Å². The van der Waals surface area contributed by atoms with E-state index in [1.807, 2.05) is 0 Å². The van der Waals surface area contributed by atoms with Gasteiger partial charge in [-0.2, -0.15) is 0 Å². The molecule has 0 saturated heterocycles. The van der Waals surface area contributed by atoms with Crippen molar-refractivity contribution < 1.29 is 42.8 Å². The van der Waals surface area contributed by atoms with Crippen molar-refractivity contribution in [3.05, 3.63) is 64.7 Å². The van der Waals surface area contributed by atoms with E-state index in [0.717, 1.165) is 14.2 Å². The average molecular weight is 426 g/mol. The van der Waals surface area contributed by atoms with E-state index < -0.39 is 29.1 Å². The molecule has 0 saturated carbocycles. The van der Waals surface area contributed by atoms with Gasteiger partial charge >= 0.3 is 17.9 Å². The molecule has 4 rings (SSSR count). The van der Waals surface area contributed by atoms with E-state index in [2.05, 4.69) is 0 Å². The first kappa shape index (κ1) is 20.3. The Morgan fingerprint density at radius 3 is 2.16 bits per heavy atom. The largest absolute Gasteiger partial charge is 0.497 e. The highest BCUT2D eigenvalue weighted by Crippen LogP contribution is 2.49. The van der Waals surface area contributed by atoms with Crippen molar-refractivity contribution in [2.24, 2.45) is 0 Å². The summed E-state index contributed by atoms with van der Waals surface area (Å²) in [5, 5.41) is 0. The van der Waals surface area contributed by atoms with Crippen LogP contribution in [0.15, 0.2) is 53.6 Å². The van der Waals surface area contributed by atoms with Crippen LogP contribution in [0.5, 0.6) is 17.2 Å². The zero-order valence-electron chi connectivity index (χ0n) is 16.9. The van der Waals surface area contributed by atoms with Gasteiger partial charge in [0, 0.05) is 11.1 Å². The Balaban J connectivity index is 2.04. The Kier molecular flexibility index (Phi) is 5.02. The minimum Gasteiger partial charge on any atom is -0.497 e. The second-order valence-electron chi connectivity index (χ2n) is 6.60. The molecule has 0 fully saturated rings. The normalized spacial score (nSPS) is 19.1. The van der Waals surface area contributed by atoms with Gasteiger partial charge in [-0.05, 0) is 24.3 Å². The van der Waals surface area contributed by atoms with E-state index in [0.29, 0.717) is 28.4 Å². The fraction of sp³-hybridized carbons (Fsp3) is 0.227. The van der Waals surface area contributed by atoms with Crippen LogP contribution in [0.4, 0.5) is 0 Å². The lowest BCUT2D eigenvalue weighted by Gasteiger charge is -2.31. The minimum absolute atomic E-state index is 0.0290. The molecule has 0 aromatic heterocycles. The first-order valence-electron chi connectivity index (χ1n) is 9.15. The molecular formula is C22H18O9. The number of hydrogen-bond donors (Lipinski definition) is 0. The molecule has 31 heavy (non-hydrogen) atoms. The minimum atomic E-state index is -1.79. The molecule has 2 heterocycles. The van der Waals surface area contributed by atoms with Gasteiger partial charge in [-0.3, -0.25) is 0 Å². The van der Waals surface area contributed by atoms with Crippen LogP contribution in [0.25, 0.3) is 0 Å². The maximum absolute atomic E-state index is 12.9. The number of esters is 3. The average Bonchev–Trinajstić information content (AvgIpc) is 3.40. The van der Waals surface area contributed by atoms with Crippen LogP contribution in [-0.4, -0.2) is 46.0 Å². The Labute approximate surface area is 177 Å². The van der Waals surface area contributed by atoms with Crippen molar-refractivity contribution in [2.75, 3.05) is 28.1 Å². The molecule has 0 N–H and O–H groups in total. The number of rotatable bonds is 5. The summed E-state index contributed by atoms with van der Waals surface area (Å²) < 4.78 is 31.4. The van der Waals surface area contributed by atoms with Crippen molar-refractivity contribution in [1.82, 2.24) is 0 Å². The first-order chi connectivity index (χ1) is 15.0. The summed E-state index contributed by atoms with van der Waals surface area (Å²) in [5.41, 5.74) is -1.88. The van der Waals surface area contributed by atoms with Crippen molar-refractivity contribution in [3.8, 4) is 17.2 Å². The second-order valence-corrected chi connectivity index (χ2v) is 6.60. The highest BCUT2D eigenvalue weighted by molar-refractivity contribution is 6.22. The summed E-state index contributed by atoms with van der Waals surface area (Å²) in [7, 11) is 3.75. The third-order valence-electron chi connectivity index (χ3n) is 5.11. The maximum Gasteiger partial charge on any atom is 0.347 e. The summed E-state index contributed by atoms with van der Waals surface area (Å²) in [5.74, 6) is -1.50. The molecule has 0 amide bonds. The Hall–Kier alpha value is -4.01. The number of fused-ring (bicyclic) bond motifs is 1. The van der Waals surface area contributed by atoms with E-state index in [-0.39, 0.29) is 12.4 Å². The van der Waals surface area contributed by atoms with Crippen molar-refractivity contribution in [2.45, 2.75) is 5.60 Å². The number of carbonyl (C=O) groups excluding carboxylic acids is 3. The van der Waals surface area contributed by atoms with Gasteiger partial charge in [0.05, 0.1) is 21.3 Å². The summed E-state index contributed by atoms with van der Waals surface area (Å²) in [6, 6.07) is 11.4. The Morgan fingerprint density at radius 1 is 0.871 bits per heavy atom. The summed E-state index contributed by atoms with van der Waals surface area (Å²) >= 11 is 0. The highest BCUT2D eigenvalue weighted by atomic mass is 16.7. The van der Waals surface area contributed by atoms with Crippen LogP contribution in [0.3, 0.4) is 0 Å². The number of hydrogen-bond acceptors (Lipinski definition) is 9. The molecule has 0 bridgehead atoms. The standard InChI is InChI=1S/C22H18O9/c1-26-14-7-4-12(5-8-14)22(13-6-9-15-16(10-13)30-11-29-15)18(21(25)28-3)17(19(23)27-2)20(24)31-22/h4-10H,11H2,1-3H3. The molecule has 0 aliphatic carbocycles. The summed E-state index contributed by atoms with van der Waals surface area (Å²) in [6.45, 7) is 0.0290. The molecule has 1 atom stereocenters. The van der Waals surface area contributed by atoms with Crippen molar-refractivity contribution >= 4 is 17.9 Å². The smallest absolute Gasteiger partial charge is 0.347 e. The van der Waals surface area contributed by atoms with E-state index in [4.69, 9.17) is 28.4 Å². The zero-order chi connectivity index (χ0) is 22.2. The Morgan fingerprint density at radius 2 is 1.52 bits per heavy atom. The van der Waals surface area contributed by atoms with E-state index >= 15 is 0 Å². The fourth-order valence-corrected chi connectivity index (χ4v) is 3.67. The third kappa shape index (κ3) is 3.05. The SMILES string of the molecule is COC(=O)C1=C(C(=O)OC)C(c2ccc(OC)cc2)(c2ccc3c(c2)OCO3)OC1=O. The van der Waals surface area contributed by atoms with E-state index in [9.17, 15) is 14.4 Å². The number of ether oxygens (including phenoxy) is 6. The monoisotopic (exact) mass is 426 g/mol. The molecule has 1 unspecified atom stereocenters. The van der Waals surface area contributed by atoms with Crippen LogP contribution in [0.2, 0.25) is 0 Å². The van der Waals surface area contributed by atoms with Crippen molar-refractivity contribution in [1.29, 1.82) is 0 Å². The third-order valence-corrected chi connectivity index (χ3v) is 5.11. The topological polar surface area (TPSA) is 107 Å². The van der Waals surface area contributed by atoms with E-state index in [1.165, 1.54) is 7.11 Å².